The van der Waals surface area contributed by atoms with Gasteiger partial charge in [-0.05, 0) is 37.4 Å². The van der Waals surface area contributed by atoms with Crippen LogP contribution in [0.25, 0.3) is 0 Å². The lowest BCUT2D eigenvalue weighted by molar-refractivity contribution is 0.324. The monoisotopic (exact) mass is 430 g/mol. The third kappa shape index (κ3) is 7.08. The van der Waals surface area contributed by atoms with E-state index in [0.717, 1.165) is 25.0 Å². The van der Waals surface area contributed by atoms with Gasteiger partial charge in [0.05, 0.1) is 6.54 Å². The summed E-state index contributed by atoms with van der Waals surface area (Å²) in [6.45, 7) is 7.71. The Labute approximate surface area is 158 Å². The van der Waals surface area contributed by atoms with Crippen LogP contribution in [0.15, 0.2) is 35.3 Å². The van der Waals surface area contributed by atoms with Gasteiger partial charge in [0.25, 0.3) is 0 Å². The summed E-state index contributed by atoms with van der Waals surface area (Å²) in [5, 5.41) is 3.54. The van der Waals surface area contributed by atoms with Crippen LogP contribution in [-0.2, 0) is 6.54 Å². The molecule has 5 heteroatoms. The summed E-state index contributed by atoms with van der Waals surface area (Å²) in [6.07, 6.45) is 2.55. The van der Waals surface area contributed by atoms with Gasteiger partial charge in [-0.25, -0.2) is 4.99 Å². The molecule has 130 valence electrons. The molecule has 0 aromatic heterocycles. The van der Waals surface area contributed by atoms with E-state index < -0.39 is 0 Å². The van der Waals surface area contributed by atoms with Crippen molar-refractivity contribution in [2.75, 3.05) is 40.3 Å². The molecule has 0 spiro atoms. The molecule has 0 saturated carbocycles. The van der Waals surface area contributed by atoms with Crippen LogP contribution in [-0.4, -0.2) is 56.0 Å². The van der Waals surface area contributed by atoms with Crippen molar-refractivity contribution in [3.05, 3.63) is 35.9 Å². The highest BCUT2D eigenvalue weighted by molar-refractivity contribution is 14.0. The summed E-state index contributed by atoms with van der Waals surface area (Å²) in [5.74, 6) is 1.73. The highest BCUT2D eigenvalue weighted by Crippen LogP contribution is 2.15. The minimum absolute atomic E-state index is 0. The Morgan fingerprint density at radius 2 is 2.04 bits per heavy atom. The van der Waals surface area contributed by atoms with Gasteiger partial charge in [-0.15, -0.1) is 24.0 Å². The second kappa shape index (κ2) is 10.9. The van der Waals surface area contributed by atoms with Crippen molar-refractivity contribution in [2.24, 2.45) is 10.9 Å². The van der Waals surface area contributed by atoms with Crippen LogP contribution in [0.2, 0.25) is 0 Å². The largest absolute Gasteiger partial charge is 0.356 e. The van der Waals surface area contributed by atoms with E-state index in [1.807, 2.05) is 6.07 Å². The maximum atomic E-state index is 4.73. The summed E-state index contributed by atoms with van der Waals surface area (Å²) < 4.78 is 0. The van der Waals surface area contributed by atoms with E-state index in [1.54, 1.807) is 0 Å². The lowest BCUT2D eigenvalue weighted by Gasteiger charge is -2.20. The minimum atomic E-state index is 0. The van der Waals surface area contributed by atoms with Gasteiger partial charge in [-0.3, -0.25) is 0 Å². The average Bonchev–Trinajstić information content (AvgIpc) is 2.96. The quantitative estimate of drug-likeness (QED) is 0.428. The predicted molar refractivity (Wildman–Crippen MR) is 110 cm³/mol. The molecule has 1 saturated heterocycles. The van der Waals surface area contributed by atoms with E-state index in [-0.39, 0.29) is 24.0 Å². The molecule has 4 nitrogen and oxygen atoms in total. The molecule has 1 aliphatic rings. The molecule has 1 aromatic rings. The molecule has 23 heavy (non-hydrogen) atoms. The molecule has 1 N–H and O–H groups in total. The second-order valence-corrected chi connectivity index (χ2v) is 6.36. The first-order valence-corrected chi connectivity index (χ1v) is 8.41. The van der Waals surface area contributed by atoms with Crippen LogP contribution in [0.5, 0.6) is 0 Å². The van der Waals surface area contributed by atoms with Crippen molar-refractivity contribution in [3.63, 3.8) is 0 Å². The van der Waals surface area contributed by atoms with Crippen LogP contribution >= 0.6 is 24.0 Å². The lowest BCUT2D eigenvalue weighted by Crippen LogP contribution is -2.39. The van der Waals surface area contributed by atoms with Crippen molar-refractivity contribution in [1.29, 1.82) is 0 Å². The van der Waals surface area contributed by atoms with Crippen LogP contribution in [0.3, 0.4) is 0 Å². The molecule has 1 aliphatic heterocycles. The Bertz CT molecular complexity index is 461. The normalized spacial score (nSPS) is 18.6. The fourth-order valence-corrected chi connectivity index (χ4v) is 2.94. The minimum Gasteiger partial charge on any atom is -0.356 e. The zero-order valence-corrected chi connectivity index (χ0v) is 17.0. The summed E-state index contributed by atoms with van der Waals surface area (Å²) in [6, 6.07) is 10.4. The maximum absolute atomic E-state index is 4.73. The number of hydrogen-bond donors (Lipinski definition) is 1. The summed E-state index contributed by atoms with van der Waals surface area (Å²) in [4.78, 5) is 9.37. The summed E-state index contributed by atoms with van der Waals surface area (Å²) in [7, 11) is 4.10. The zero-order valence-electron chi connectivity index (χ0n) is 14.7. The third-order valence-electron chi connectivity index (χ3n) is 4.14. The van der Waals surface area contributed by atoms with Gasteiger partial charge in [0.2, 0.25) is 0 Å². The maximum Gasteiger partial charge on any atom is 0.193 e. The molecule has 0 amide bonds. The van der Waals surface area contributed by atoms with E-state index in [0.29, 0.717) is 0 Å². The molecule has 1 heterocycles. The number of nitrogens with zero attached hydrogens (tertiary/aromatic N) is 3. The van der Waals surface area contributed by atoms with E-state index in [4.69, 9.17) is 4.99 Å². The van der Waals surface area contributed by atoms with Crippen LogP contribution in [0.4, 0.5) is 0 Å². The third-order valence-corrected chi connectivity index (χ3v) is 4.14. The number of halogens is 1. The molecule has 1 atom stereocenters. The molecule has 1 aromatic carbocycles. The predicted octanol–water partition coefficient (Wildman–Crippen LogP) is 3.04. The highest BCUT2D eigenvalue weighted by Gasteiger charge is 2.21. The Kier molecular flexibility index (Phi) is 9.55. The highest BCUT2D eigenvalue weighted by atomic mass is 127. The van der Waals surface area contributed by atoms with E-state index >= 15 is 0 Å². The van der Waals surface area contributed by atoms with Crippen LogP contribution < -0.4 is 5.32 Å². The average molecular weight is 430 g/mol. The van der Waals surface area contributed by atoms with Crippen molar-refractivity contribution >= 4 is 29.9 Å². The summed E-state index contributed by atoms with van der Waals surface area (Å²) >= 11 is 0. The van der Waals surface area contributed by atoms with E-state index in [9.17, 15) is 0 Å². The fraction of sp³-hybridized carbons (Fsp3) is 0.611. The van der Waals surface area contributed by atoms with Crippen molar-refractivity contribution < 1.29 is 0 Å². The number of likely N-dealkylation sites (tertiary alicyclic amines) is 1. The van der Waals surface area contributed by atoms with Crippen molar-refractivity contribution in [1.82, 2.24) is 15.1 Å². The molecular formula is C18H31IN4. The lowest BCUT2D eigenvalue weighted by atomic mass is 10.1. The standard InChI is InChI=1S/C18H30N4.HI/c1-4-11-22-12-10-17(15-22)14-20-18(21(2)3)19-13-16-8-6-5-7-9-16;/h5-9,17H,4,10-15H2,1-3H3,(H,19,20);1H. The smallest absolute Gasteiger partial charge is 0.193 e. The number of benzene rings is 1. The number of guanidine groups is 1. The van der Waals surface area contributed by atoms with Gasteiger partial charge < -0.3 is 15.1 Å². The molecule has 1 fully saturated rings. The molecule has 1 unspecified atom stereocenters. The SMILES string of the molecule is CCCN1CCC(CNC(=NCc2ccccc2)N(C)C)C1.I. The first kappa shape index (κ1) is 20.2. The van der Waals surface area contributed by atoms with Gasteiger partial charge in [-0.2, -0.15) is 0 Å². The van der Waals surface area contributed by atoms with E-state index in [2.05, 4.69) is 60.4 Å². The fourth-order valence-electron chi connectivity index (χ4n) is 2.94. The second-order valence-electron chi connectivity index (χ2n) is 6.36. The van der Waals surface area contributed by atoms with Gasteiger partial charge >= 0.3 is 0 Å². The Morgan fingerprint density at radius 1 is 1.30 bits per heavy atom. The topological polar surface area (TPSA) is 30.9 Å². The van der Waals surface area contributed by atoms with Crippen LogP contribution in [0.1, 0.15) is 25.3 Å². The van der Waals surface area contributed by atoms with Gasteiger partial charge in [0.1, 0.15) is 0 Å². The molecule has 0 radical (unpaired) electrons. The first-order valence-electron chi connectivity index (χ1n) is 8.41. The van der Waals surface area contributed by atoms with E-state index in [1.165, 1.54) is 38.0 Å². The molecular weight excluding hydrogens is 399 g/mol. The first-order chi connectivity index (χ1) is 10.7. The number of hydrogen-bond acceptors (Lipinski definition) is 2. The van der Waals surface area contributed by atoms with Gasteiger partial charge in [0.15, 0.2) is 5.96 Å². The number of aliphatic imine (C=N–C) groups is 1. The molecule has 0 aliphatic carbocycles. The number of rotatable bonds is 6. The Morgan fingerprint density at radius 3 is 2.70 bits per heavy atom. The van der Waals surface area contributed by atoms with Gasteiger partial charge in [-0.1, -0.05) is 37.3 Å². The summed E-state index contributed by atoms with van der Waals surface area (Å²) in [5.41, 5.74) is 1.25. The van der Waals surface area contributed by atoms with Crippen LogP contribution in [0, 0.1) is 5.92 Å². The number of nitrogens with one attached hydrogen (secondary N) is 1. The van der Waals surface area contributed by atoms with Crippen molar-refractivity contribution in [2.45, 2.75) is 26.3 Å². The molecule has 2 rings (SSSR count). The van der Waals surface area contributed by atoms with Crippen molar-refractivity contribution in [3.8, 4) is 0 Å². The Balaban J connectivity index is 0.00000264. The zero-order chi connectivity index (χ0) is 15.8. The van der Waals surface area contributed by atoms with Gasteiger partial charge in [0, 0.05) is 27.2 Å². The Hall–Kier alpha value is -0.820. The molecule has 0 bridgehead atoms.